The highest BCUT2D eigenvalue weighted by molar-refractivity contribution is 7.93. The van der Waals surface area contributed by atoms with Crippen LogP contribution in [0.5, 0.6) is 0 Å². The molecular weight excluding hydrogens is 236 g/mol. The molecule has 0 fully saturated rings. The van der Waals surface area contributed by atoms with Crippen molar-refractivity contribution in [3.8, 4) is 6.07 Å². The summed E-state index contributed by atoms with van der Waals surface area (Å²) < 4.78 is 25.4. The fraction of sp³-hybridized carbons (Fsp3) is 0.571. The molecule has 0 amide bonds. The minimum Gasteiger partial charge on any atom is -0.256 e. The number of hydrogen-bond donors (Lipinski definition) is 1. The summed E-state index contributed by atoms with van der Waals surface area (Å²) in [5, 5.41) is 15.7. The lowest BCUT2D eigenvalue weighted by atomic mass is 10.4. The van der Waals surface area contributed by atoms with Gasteiger partial charge in [0.05, 0.1) is 6.07 Å². The van der Waals surface area contributed by atoms with Gasteiger partial charge in [0.1, 0.15) is 5.01 Å². The van der Waals surface area contributed by atoms with E-state index in [1.54, 1.807) is 19.9 Å². The average molecular weight is 246 g/mol. The molecule has 0 bridgehead atoms. The number of rotatable bonds is 4. The molecule has 82 valence electrons. The van der Waals surface area contributed by atoms with Crippen molar-refractivity contribution in [3.05, 3.63) is 5.01 Å². The molecule has 1 atom stereocenters. The normalized spacial score (nSPS) is 13.1. The van der Waals surface area contributed by atoms with Gasteiger partial charge in [-0.1, -0.05) is 18.3 Å². The molecule has 0 spiro atoms. The van der Waals surface area contributed by atoms with Crippen LogP contribution in [0.3, 0.4) is 0 Å². The van der Waals surface area contributed by atoms with Crippen molar-refractivity contribution in [3.63, 3.8) is 0 Å². The quantitative estimate of drug-likeness (QED) is 0.851. The average Bonchev–Trinajstić information content (AvgIpc) is 2.51. The van der Waals surface area contributed by atoms with Crippen molar-refractivity contribution in [1.82, 2.24) is 10.2 Å². The highest BCUT2D eigenvalue weighted by atomic mass is 32.2. The van der Waals surface area contributed by atoms with Gasteiger partial charge in [0, 0.05) is 0 Å². The van der Waals surface area contributed by atoms with Gasteiger partial charge in [0.15, 0.2) is 5.25 Å². The first-order valence-corrected chi connectivity index (χ1v) is 6.57. The molecule has 6 nitrogen and oxygen atoms in total. The van der Waals surface area contributed by atoms with E-state index in [0.29, 0.717) is 5.01 Å². The Morgan fingerprint density at radius 1 is 1.60 bits per heavy atom. The maximum Gasteiger partial charge on any atom is 0.250 e. The number of nitriles is 1. The predicted molar refractivity (Wildman–Crippen MR) is 56.9 cm³/mol. The lowest BCUT2D eigenvalue weighted by Crippen LogP contribution is -2.25. The molecule has 15 heavy (non-hydrogen) atoms. The molecular formula is C7H10N4O2S2. The van der Waals surface area contributed by atoms with Gasteiger partial charge in [0.25, 0.3) is 10.0 Å². The zero-order valence-corrected chi connectivity index (χ0v) is 9.89. The topological polar surface area (TPSA) is 95.7 Å². The Balaban J connectivity index is 2.86. The zero-order valence-electron chi connectivity index (χ0n) is 8.26. The molecule has 0 aromatic carbocycles. The van der Waals surface area contributed by atoms with Crippen LogP contribution in [0.1, 0.15) is 18.4 Å². The van der Waals surface area contributed by atoms with Crippen LogP contribution in [0.15, 0.2) is 0 Å². The summed E-state index contributed by atoms with van der Waals surface area (Å²) in [7, 11) is -3.67. The monoisotopic (exact) mass is 246 g/mol. The SMILES string of the molecule is CCC(C#N)S(=O)(=O)Nc1nnc(C)s1. The van der Waals surface area contributed by atoms with Crippen LogP contribution in [0, 0.1) is 18.3 Å². The van der Waals surface area contributed by atoms with E-state index in [0.717, 1.165) is 11.3 Å². The maximum atomic E-state index is 11.6. The number of hydrogen-bond acceptors (Lipinski definition) is 6. The number of nitrogens with one attached hydrogen (secondary N) is 1. The summed E-state index contributed by atoms with van der Waals surface area (Å²) in [6.45, 7) is 3.36. The summed E-state index contributed by atoms with van der Waals surface area (Å²) in [5.74, 6) is 0. The highest BCUT2D eigenvalue weighted by Crippen LogP contribution is 2.17. The fourth-order valence-corrected chi connectivity index (χ4v) is 2.87. The second kappa shape index (κ2) is 4.55. The van der Waals surface area contributed by atoms with Crippen LogP contribution in [0.25, 0.3) is 0 Å². The van der Waals surface area contributed by atoms with Gasteiger partial charge in [-0.05, 0) is 13.3 Å². The predicted octanol–water partition coefficient (Wildman–Crippen LogP) is 0.890. The molecule has 0 aliphatic carbocycles. The largest absolute Gasteiger partial charge is 0.256 e. The van der Waals surface area contributed by atoms with E-state index in [1.165, 1.54) is 0 Å². The Morgan fingerprint density at radius 2 is 2.27 bits per heavy atom. The molecule has 1 aromatic rings. The Hall–Kier alpha value is -1.20. The molecule has 1 aromatic heterocycles. The molecule has 0 saturated carbocycles. The zero-order chi connectivity index (χ0) is 11.5. The van der Waals surface area contributed by atoms with Gasteiger partial charge in [-0.2, -0.15) is 5.26 Å². The molecule has 1 N–H and O–H groups in total. The van der Waals surface area contributed by atoms with Gasteiger partial charge in [0.2, 0.25) is 5.13 Å². The first kappa shape index (κ1) is 11.9. The third-order valence-electron chi connectivity index (χ3n) is 1.64. The van der Waals surface area contributed by atoms with E-state index in [2.05, 4.69) is 14.9 Å². The fourth-order valence-electron chi connectivity index (χ4n) is 0.911. The van der Waals surface area contributed by atoms with Crippen LogP contribution < -0.4 is 4.72 Å². The van der Waals surface area contributed by atoms with Crippen LogP contribution >= 0.6 is 11.3 Å². The van der Waals surface area contributed by atoms with Crippen LogP contribution in [-0.2, 0) is 10.0 Å². The molecule has 0 aliphatic heterocycles. The first-order chi connectivity index (χ1) is 6.99. The van der Waals surface area contributed by atoms with Crippen LogP contribution in [0.2, 0.25) is 0 Å². The van der Waals surface area contributed by atoms with Crippen molar-refractivity contribution in [2.45, 2.75) is 25.5 Å². The third-order valence-corrected chi connectivity index (χ3v) is 4.19. The molecule has 0 aliphatic rings. The summed E-state index contributed by atoms with van der Waals surface area (Å²) in [4.78, 5) is 0. The molecule has 0 radical (unpaired) electrons. The Morgan fingerprint density at radius 3 is 2.67 bits per heavy atom. The number of nitrogens with zero attached hydrogens (tertiary/aromatic N) is 3. The molecule has 1 unspecified atom stereocenters. The van der Waals surface area contributed by atoms with Gasteiger partial charge >= 0.3 is 0 Å². The standard InChI is InChI=1S/C7H10N4O2S2/c1-3-6(4-8)15(12,13)11-7-10-9-5(2)14-7/h6H,3H2,1-2H3,(H,10,11). The number of aryl methyl sites for hydroxylation is 1. The van der Waals surface area contributed by atoms with Gasteiger partial charge in [-0.15, -0.1) is 10.2 Å². The summed E-state index contributed by atoms with van der Waals surface area (Å²) in [5.41, 5.74) is 0. The van der Waals surface area contributed by atoms with Crippen LogP contribution in [0.4, 0.5) is 5.13 Å². The molecule has 1 heterocycles. The lowest BCUT2D eigenvalue weighted by molar-refractivity contribution is 0.592. The summed E-state index contributed by atoms with van der Waals surface area (Å²) in [6.07, 6.45) is 0.240. The first-order valence-electron chi connectivity index (χ1n) is 4.21. The highest BCUT2D eigenvalue weighted by Gasteiger charge is 2.24. The van der Waals surface area contributed by atoms with E-state index >= 15 is 0 Å². The van der Waals surface area contributed by atoms with E-state index in [-0.39, 0.29) is 11.6 Å². The summed E-state index contributed by atoms with van der Waals surface area (Å²) in [6, 6.07) is 1.73. The minimum atomic E-state index is -3.67. The second-order valence-electron chi connectivity index (χ2n) is 2.80. The number of sulfonamides is 1. The van der Waals surface area contributed by atoms with Gasteiger partial charge < -0.3 is 0 Å². The molecule has 0 saturated heterocycles. The Kier molecular flexibility index (Phi) is 3.60. The van der Waals surface area contributed by atoms with Crippen molar-refractivity contribution in [2.75, 3.05) is 4.72 Å². The van der Waals surface area contributed by atoms with Crippen molar-refractivity contribution in [1.29, 1.82) is 5.26 Å². The van der Waals surface area contributed by atoms with E-state index in [4.69, 9.17) is 5.26 Å². The number of anilines is 1. The lowest BCUT2D eigenvalue weighted by Gasteiger charge is -2.07. The van der Waals surface area contributed by atoms with E-state index < -0.39 is 15.3 Å². The molecule has 8 heteroatoms. The van der Waals surface area contributed by atoms with E-state index in [9.17, 15) is 8.42 Å². The van der Waals surface area contributed by atoms with Gasteiger partial charge in [-0.25, -0.2) is 8.42 Å². The number of aromatic nitrogens is 2. The molecule has 1 rings (SSSR count). The second-order valence-corrected chi connectivity index (χ2v) is 5.84. The minimum absolute atomic E-state index is 0.196. The summed E-state index contributed by atoms with van der Waals surface area (Å²) >= 11 is 1.13. The maximum absolute atomic E-state index is 11.6. The third kappa shape index (κ3) is 2.87. The Bertz CT molecular complexity index is 473. The van der Waals surface area contributed by atoms with Crippen molar-refractivity contribution < 1.29 is 8.42 Å². The van der Waals surface area contributed by atoms with Gasteiger partial charge in [-0.3, -0.25) is 4.72 Å². The van der Waals surface area contributed by atoms with E-state index in [1.807, 2.05) is 0 Å². The smallest absolute Gasteiger partial charge is 0.250 e. The van der Waals surface area contributed by atoms with Crippen molar-refractivity contribution >= 4 is 26.5 Å². The Labute approximate surface area is 92.0 Å². The van der Waals surface area contributed by atoms with Crippen molar-refractivity contribution in [2.24, 2.45) is 0 Å². The van der Waals surface area contributed by atoms with Crippen LogP contribution in [-0.4, -0.2) is 23.9 Å².